The number of piperazine rings is 1. The molecule has 144 valence electrons. The molecule has 0 spiro atoms. The predicted molar refractivity (Wildman–Crippen MR) is 105 cm³/mol. The first-order valence-electron chi connectivity index (χ1n) is 9.14. The maximum absolute atomic E-state index is 12.9. The Morgan fingerprint density at radius 3 is 2.32 bits per heavy atom. The molecule has 0 atom stereocenters. The minimum Gasteiger partial charge on any atom is -0.339 e. The minimum atomic E-state index is -0.0451. The molecule has 1 fully saturated rings. The van der Waals surface area contributed by atoms with Crippen molar-refractivity contribution < 1.29 is 9.59 Å². The number of rotatable bonds is 3. The molecule has 0 aliphatic carbocycles. The van der Waals surface area contributed by atoms with Crippen LogP contribution in [0.4, 0.5) is 0 Å². The summed E-state index contributed by atoms with van der Waals surface area (Å²) in [5.41, 5.74) is 2.35. The first-order chi connectivity index (χ1) is 13.5. The maximum Gasteiger partial charge on any atom is 0.255 e. The van der Waals surface area contributed by atoms with Crippen LogP contribution in [0.2, 0.25) is 5.02 Å². The highest BCUT2D eigenvalue weighted by atomic mass is 35.5. The van der Waals surface area contributed by atoms with Crippen molar-refractivity contribution >= 4 is 29.1 Å². The van der Waals surface area contributed by atoms with E-state index in [1.54, 1.807) is 35.1 Å². The lowest BCUT2D eigenvalue weighted by atomic mass is 10.1. The summed E-state index contributed by atoms with van der Waals surface area (Å²) in [6.07, 6.45) is 2.38. The third-order valence-corrected chi connectivity index (χ3v) is 5.26. The zero-order valence-corrected chi connectivity index (χ0v) is 16.3. The van der Waals surface area contributed by atoms with Gasteiger partial charge in [-0.3, -0.25) is 14.0 Å². The third kappa shape index (κ3) is 3.71. The Morgan fingerprint density at radius 2 is 1.64 bits per heavy atom. The van der Waals surface area contributed by atoms with Crippen molar-refractivity contribution in [2.75, 3.05) is 26.2 Å². The van der Waals surface area contributed by atoms with Gasteiger partial charge in [-0.25, -0.2) is 0 Å². The first-order valence-corrected chi connectivity index (χ1v) is 9.52. The molecular formula is C20H20ClN5O2. The number of benzene rings is 1. The number of halogens is 1. The normalized spacial score (nSPS) is 14.5. The van der Waals surface area contributed by atoms with Crippen LogP contribution in [0.15, 0.2) is 42.6 Å². The van der Waals surface area contributed by atoms with Gasteiger partial charge in [0.15, 0.2) is 5.65 Å². The van der Waals surface area contributed by atoms with Crippen molar-refractivity contribution in [3.8, 4) is 0 Å². The Hall–Kier alpha value is -2.93. The highest BCUT2D eigenvalue weighted by Crippen LogP contribution is 2.16. The van der Waals surface area contributed by atoms with Crippen LogP contribution in [0.3, 0.4) is 0 Å². The molecule has 8 heteroatoms. The fraction of sp³-hybridized carbons (Fsp3) is 0.300. The number of nitrogens with zero attached hydrogens (tertiary/aromatic N) is 5. The van der Waals surface area contributed by atoms with Crippen molar-refractivity contribution in [2.45, 2.75) is 13.3 Å². The first kappa shape index (κ1) is 18.4. The molecule has 1 aromatic carbocycles. The largest absolute Gasteiger partial charge is 0.339 e. The number of amides is 2. The molecule has 1 aliphatic rings. The van der Waals surface area contributed by atoms with Crippen molar-refractivity contribution in [3.63, 3.8) is 0 Å². The van der Waals surface area contributed by atoms with Gasteiger partial charge in [-0.05, 0) is 29.8 Å². The van der Waals surface area contributed by atoms with E-state index in [2.05, 4.69) is 10.2 Å². The van der Waals surface area contributed by atoms with Gasteiger partial charge in [-0.15, -0.1) is 10.2 Å². The van der Waals surface area contributed by atoms with E-state index in [9.17, 15) is 9.59 Å². The highest BCUT2D eigenvalue weighted by Gasteiger charge is 2.23. The molecule has 2 aromatic heterocycles. The molecule has 3 heterocycles. The smallest absolute Gasteiger partial charge is 0.255 e. The maximum atomic E-state index is 12.9. The Bertz CT molecular complexity index is 1020. The monoisotopic (exact) mass is 397 g/mol. The molecular weight excluding hydrogens is 378 g/mol. The topological polar surface area (TPSA) is 70.8 Å². The van der Waals surface area contributed by atoms with Gasteiger partial charge in [-0.2, -0.15) is 0 Å². The number of pyridine rings is 1. The Morgan fingerprint density at radius 1 is 0.964 bits per heavy atom. The zero-order chi connectivity index (χ0) is 19.7. The van der Waals surface area contributed by atoms with Crippen LogP contribution in [0, 0.1) is 0 Å². The molecule has 3 aromatic rings. The molecule has 7 nitrogen and oxygen atoms in total. The van der Waals surface area contributed by atoms with E-state index < -0.39 is 0 Å². The van der Waals surface area contributed by atoms with Crippen LogP contribution in [0.5, 0.6) is 0 Å². The lowest BCUT2D eigenvalue weighted by Crippen LogP contribution is -2.50. The average Bonchev–Trinajstić information content (AvgIpc) is 3.11. The van der Waals surface area contributed by atoms with Gasteiger partial charge in [0, 0.05) is 50.7 Å². The summed E-state index contributed by atoms with van der Waals surface area (Å²) in [6.45, 7) is 3.77. The predicted octanol–water partition coefficient (Wildman–Crippen LogP) is 2.28. The zero-order valence-electron chi connectivity index (χ0n) is 15.5. The van der Waals surface area contributed by atoms with Gasteiger partial charge >= 0.3 is 0 Å². The van der Waals surface area contributed by atoms with Crippen LogP contribution in [-0.2, 0) is 11.2 Å². The van der Waals surface area contributed by atoms with E-state index in [1.165, 1.54) is 0 Å². The molecule has 4 rings (SSSR count). The molecule has 28 heavy (non-hydrogen) atoms. The Kier molecular flexibility index (Phi) is 5.00. The van der Waals surface area contributed by atoms with Gasteiger partial charge in [-0.1, -0.05) is 23.7 Å². The van der Waals surface area contributed by atoms with E-state index in [0.717, 1.165) is 11.4 Å². The summed E-state index contributed by atoms with van der Waals surface area (Å²) in [5, 5.41) is 9.15. The van der Waals surface area contributed by atoms with Gasteiger partial charge in [0.05, 0.1) is 5.56 Å². The van der Waals surface area contributed by atoms with Gasteiger partial charge in [0.1, 0.15) is 5.82 Å². The molecule has 2 amide bonds. The molecule has 0 radical (unpaired) electrons. The lowest BCUT2D eigenvalue weighted by molar-refractivity contribution is -0.130. The SMILES string of the molecule is CC(=O)N1CCN(C(=O)c2ccc3nnc(Cc4ccc(Cl)cc4)n3c2)CC1. The van der Waals surface area contributed by atoms with Crippen LogP contribution in [0.1, 0.15) is 28.7 Å². The molecule has 1 aliphatic heterocycles. The molecule has 0 saturated carbocycles. The van der Waals surface area contributed by atoms with E-state index in [-0.39, 0.29) is 11.8 Å². The van der Waals surface area contributed by atoms with Gasteiger partial charge < -0.3 is 9.80 Å². The summed E-state index contributed by atoms with van der Waals surface area (Å²) in [7, 11) is 0. The minimum absolute atomic E-state index is 0.0451. The number of carbonyl (C=O) groups excluding carboxylic acids is 2. The highest BCUT2D eigenvalue weighted by molar-refractivity contribution is 6.30. The average molecular weight is 398 g/mol. The second-order valence-electron chi connectivity index (χ2n) is 6.86. The van der Waals surface area contributed by atoms with Crippen molar-refractivity contribution in [3.05, 3.63) is 64.6 Å². The number of carbonyl (C=O) groups is 2. The Labute approximate surface area is 167 Å². The van der Waals surface area contributed by atoms with Gasteiger partial charge in [0.2, 0.25) is 5.91 Å². The van der Waals surface area contributed by atoms with Crippen LogP contribution in [-0.4, -0.2) is 62.4 Å². The van der Waals surface area contributed by atoms with Crippen LogP contribution >= 0.6 is 11.6 Å². The third-order valence-electron chi connectivity index (χ3n) is 5.01. The summed E-state index contributed by atoms with van der Waals surface area (Å²) in [4.78, 5) is 27.9. The number of hydrogen-bond donors (Lipinski definition) is 0. The quantitative estimate of drug-likeness (QED) is 0.679. The molecule has 1 saturated heterocycles. The second kappa shape index (κ2) is 7.59. The summed E-state index contributed by atoms with van der Waals surface area (Å²) in [6, 6.07) is 11.2. The van der Waals surface area contributed by atoms with E-state index in [4.69, 9.17) is 11.6 Å². The number of aromatic nitrogens is 3. The van der Waals surface area contributed by atoms with Crippen molar-refractivity contribution in [1.29, 1.82) is 0 Å². The Balaban J connectivity index is 1.54. The summed E-state index contributed by atoms with van der Waals surface area (Å²) < 4.78 is 1.85. The number of hydrogen-bond acceptors (Lipinski definition) is 4. The number of fused-ring (bicyclic) bond motifs is 1. The van der Waals surface area contributed by atoms with Crippen LogP contribution < -0.4 is 0 Å². The van der Waals surface area contributed by atoms with E-state index in [0.29, 0.717) is 48.8 Å². The van der Waals surface area contributed by atoms with Crippen molar-refractivity contribution in [1.82, 2.24) is 24.4 Å². The second-order valence-corrected chi connectivity index (χ2v) is 7.30. The van der Waals surface area contributed by atoms with Crippen LogP contribution in [0.25, 0.3) is 5.65 Å². The van der Waals surface area contributed by atoms with E-state index >= 15 is 0 Å². The molecule has 0 N–H and O–H groups in total. The fourth-order valence-electron chi connectivity index (χ4n) is 3.38. The standard InChI is InChI=1S/C20H20ClN5O2/c1-14(27)24-8-10-25(11-9-24)20(28)16-4-7-18-22-23-19(26(18)13-16)12-15-2-5-17(21)6-3-15/h2-7,13H,8-12H2,1H3. The summed E-state index contributed by atoms with van der Waals surface area (Å²) >= 11 is 5.95. The summed E-state index contributed by atoms with van der Waals surface area (Å²) in [5.74, 6) is 0.759. The van der Waals surface area contributed by atoms with Crippen molar-refractivity contribution in [2.24, 2.45) is 0 Å². The molecule has 0 bridgehead atoms. The van der Waals surface area contributed by atoms with E-state index in [1.807, 2.05) is 28.7 Å². The lowest BCUT2D eigenvalue weighted by Gasteiger charge is -2.34. The van der Waals surface area contributed by atoms with Gasteiger partial charge in [0.25, 0.3) is 5.91 Å². The molecule has 0 unspecified atom stereocenters. The fourth-order valence-corrected chi connectivity index (χ4v) is 3.50.